The molecule has 0 radical (unpaired) electrons. The van der Waals surface area contributed by atoms with Crippen LogP contribution in [0.2, 0.25) is 5.02 Å². The van der Waals surface area contributed by atoms with Gasteiger partial charge >= 0.3 is 6.18 Å². The number of rotatable bonds is 2. The van der Waals surface area contributed by atoms with E-state index in [4.69, 9.17) is 17.3 Å². The molecule has 6 heteroatoms. The highest BCUT2D eigenvalue weighted by molar-refractivity contribution is 6.31. The second-order valence-electron chi connectivity index (χ2n) is 3.25. The van der Waals surface area contributed by atoms with Gasteiger partial charge in [-0.15, -0.1) is 12.4 Å². The molecule has 0 saturated carbocycles. The van der Waals surface area contributed by atoms with Crippen molar-refractivity contribution in [2.75, 3.05) is 0 Å². The fourth-order valence-corrected chi connectivity index (χ4v) is 1.45. The van der Waals surface area contributed by atoms with E-state index in [0.29, 0.717) is 12.0 Å². The lowest BCUT2D eigenvalue weighted by Gasteiger charge is -2.14. The first-order valence-corrected chi connectivity index (χ1v) is 4.86. The number of alkyl halides is 3. The van der Waals surface area contributed by atoms with Crippen molar-refractivity contribution >= 4 is 24.0 Å². The van der Waals surface area contributed by atoms with Gasteiger partial charge in [0.2, 0.25) is 0 Å². The van der Waals surface area contributed by atoms with Gasteiger partial charge in [0.15, 0.2) is 0 Å². The summed E-state index contributed by atoms with van der Waals surface area (Å²) in [6.07, 6.45) is -3.85. The molecule has 0 aromatic heterocycles. The van der Waals surface area contributed by atoms with Crippen LogP contribution in [-0.2, 0) is 6.18 Å². The fraction of sp³-hybridized carbons (Fsp3) is 0.400. The monoisotopic (exact) mass is 273 g/mol. The van der Waals surface area contributed by atoms with E-state index in [2.05, 4.69) is 0 Å². The van der Waals surface area contributed by atoms with E-state index in [-0.39, 0.29) is 23.5 Å². The average Bonchev–Trinajstić information content (AvgIpc) is 2.15. The predicted molar refractivity (Wildman–Crippen MR) is 60.9 cm³/mol. The lowest BCUT2D eigenvalue weighted by molar-refractivity contribution is -0.137. The van der Waals surface area contributed by atoms with Crippen LogP contribution in [0.25, 0.3) is 0 Å². The molecule has 2 N–H and O–H groups in total. The van der Waals surface area contributed by atoms with E-state index in [1.807, 2.05) is 6.92 Å². The van der Waals surface area contributed by atoms with Crippen molar-refractivity contribution in [3.63, 3.8) is 0 Å². The van der Waals surface area contributed by atoms with Crippen molar-refractivity contribution in [1.82, 2.24) is 0 Å². The van der Waals surface area contributed by atoms with E-state index >= 15 is 0 Å². The van der Waals surface area contributed by atoms with Gasteiger partial charge in [-0.3, -0.25) is 0 Å². The Kier molecular flexibility index (Phi) is 5.59. The topological polar surface area (TPSA) is 26.0 Å². The van der Waals surface area contributed by atoms with Crippen molar-refractivity contribution in [3.8, 4) is 0 Å². The first-order chi connectivity index (χ1) is 6.86. The third-order valence-electron chi connectivity index (χ3n) is 2.16. The minimum atomic E-state index is -4.43. The molecule has 0 unspecified atom stereocenters. The summed E-state index contributed by atoms with van der Waals surface area (Å²) in [5, 5.41) is -0.297. The van der Waals surface area contributed by atoms with Crippen LogP contribution < -0.4 is 5.73 Å². The largest absolute Gasteiger partial charge is 0.417 e. The Hall–Kier alpha value is -0.450. The van der Waals surface area contributed by atoms with E-state index in [1.165, 1.54) is 12.1 Å². The number of nitrogens with two attached hydrogens (primary N) is 1. The fourth-order valence-electron chi connectivity index (χ4n) is 1.23. The summed E-state index contributed by atoms with van der Waals surface area (Å²) in [5.41, 5.74) is 5.27. The molecule has 1 aromatic rings. The Balaban J connectivity index is 0.00000225. The zero-order valence-electron chi connectivity index (χ0n) is 8.51. The van der Waals surface area contributed by atoms with E-state index < -0.39 is 11.7 Å². The number of halogens is 5. The van der Waals surface area contributed by atoms with Crippen molar-refractivity contribution in [2.24, 2.45) is 5.73 Å². The van der Waals surface area contributed by atoms with Gasteiger partial charge in [-0.2, -0.15) is 13.2 Å². The van der Waals surface area contributed by atoms with Crippen LogP contribution >= 0.6 is 24.0 Å². The number of hydrogen-bond acceptors (Lipinski definition) is 1. The summed E-state index contributed by atoms with van der Waals surface area (Å²) >= 11 is 5.47. The molecular formula is C10H12Cl2F3N. The molecule has 0 fully saturated rings. The summed E-state index contributed by atoms with van der Waals surface area (Å²) in [7, 11) is 0. The third kappa shape index (κ3) is 3.54. The van der Waals surface area contributed by atoms with E-state index in [1.54, 1.807) is 0 Å². The lowest BCUT2D eigenvalue weighted by Crippen LogP contribution is -2.12. The Morgan fingerprint density at radius 2 is 1.94 bits per heavy atom. The van der Waals surface area contributed by atoms with Crippen molar-refractivity contribution < 1.29 is 13.2 Å². The summed E-state index contributed by atoms with van der Waals surface area (Å²) in [5.74, 6) is 0. The molecule has 0 aliphatic rings. The van der Waals surface area contributed by atoms with E-state index in [9.17, 15) is 13.2 Å². The van der Waals surface area contributed by atoms with Crippen LogP contribution in [0.5, 0.6) is 0 Å². The Morgan fingerprint density at radius 1 is 1.38 bits per heavy atom. The second-order valence-corrected chi connectivity index (χ2v) is 3.66. The second kappa shape index (κ2) is 5.75. The molecule has 0 aliphatic carbocycles. The molecule has 0 saturated heterocycles. The van der Waals surface area contributed by atoms with Gasteiger partial charge in [0, 0.05) is 6.04 Å². The Labute approximate surface area is 103 Å². The molecule has 0 heterocycles. The zero-order valence-corrected chi connectivity index (χ0v) is 10.1. The average molecular weight is 274 g/mol. The molecule has 1 aromatic carbocycles. The molecule has 0 spiro atoms. The van der Waals surface area contributed by atoms with Crippen molar-refractivity contribution in [1.29, 1.82) is 0 Å². The molecule has 0 aliphatic heterocycles. The molecular weight excluding hydrogens is 262 g/mol. The van der Waals surface area contributed by atoms with E-state index in [0.717, 1.165) is 6.07 Å². The van der Waals surface area contributed by atoms with Gasteiger partial charge in [0.05, 0.1) is 10.6 Å². The van der Waals surface area contributed by atoms with Crippen molar-refractivity contribution in [2.45, 2.75) is 25.6 Å². The SMILES string of the molecule is CC[C@@H](N)c1ccc(Cl)c(C(F)(F)F)c1.Cl. The summed E-state index contributed by atoms with van der Waals surface area (Å²) in [4.78, 5) is 0. The Bertz CT molecular complexity index is 352. The summed E-state index contributed by atoms with van der Waals surface area (Å²) in [6.45, 7) is 1.81. The maximum Gasteiger partial charge on any atom is 0.417 e. The predicted octanol–water partition coefficient (Wildman–Crippen LogP) is 4.19. The standard InChI is InChI=1S/C10H11ClF3N.ClH/c1-2-9(15)6-3-4-8(11)7(5-6)10(12,13)14;/h3-5,9H,2,15H2,1H3;1H/t9-;/m1./s1. The highest BCUT2D eigenvalue weighted by Gasteiger charge is 2.33. The summed E-state index contributed by atoms with van der Waals surface area (Å²) in [6, 6.07) is 3.38. The molecule has 1 rings (SSSR count). The molecule has 1 atom stereocenters. The van der Waals surface area contributed by atoms with Gasteiger partial charge < -0.3 is 5.73 Å². The molecule has 92 valence electrons. The zero-order chi connectivity index (χ0) is 11.6. The van der Waals surface area contributed by atoms with Gasteiger partial charge in [-0.05, 0) is 24.1 Å². The first kappa shape index (κ1) is 15.6. The van der Waals surface area contributed by atoms with Crippen molar-refractivity contribution in [3.05, 3.63) is 34.3 Å². The van der Waals surface area contributed by atoms with Crippen LogP contribution in [0.3, 0.4) is 0 Å². The lowest BCUT2D eigenvalue weighted by atomic mass is 10.0. The third-order valence-corrected chi connectivity index (χ3v) is 2.49. The van der Waals surface area contributed by atoms with Gasteiger partial charge in [-0.1, -0.05) is 24.6 Å². The van der Waals surface area contributed by atoms with Crippen LogP contribution in [0.4, 0.5) is 13.2 Å². The summed E-state index contributed by atoms with van der Waals surface area (Å²) < 4.78 is 37.4. The first-order valence-electron chi connectivity index (χ1n) is 4.48. The molecule has 0 amide bonds. The van der Waals surface area contributed by atoms with Crippen LogP contribution in [0, 0.1) is 0 Å². The van der Waals surface area contributed by atoms with Gasteiger partial charge in [-0.25, -0.2) is 0 Å². The molecule has 1 nitrogen and oxygen atoms in total. The van der Waals surface area contributed by atoms with Crippen LogP contribution in [0.1, 0.15) is 30.5 Å². The maximum absolute atomic E-state index is 12.5. The molecule has 0 bridgehead atoms. The quantitative estimate of drug-likeness (QED) is 0.859. The van der Waals surface area contributed by atoms with Gasteiger partial charge in [0.1, 0.15) is 0 Å². The van der Waals surface area contributed by atoms with Crippen LogP contribution in [0.15, 0.2) is 18.2 Å². The van der Waals surface area contributed by atoms with Gasteiger partial charge in [0.25, 0.3) is 0 Å². The maximum atomic E-state index is 12.5. The smallest absolute Gasteiger partial charge is 0.324 e. The van der Waals surface area contributed by atoms with Crippen LogP contribution in [-0.4, -0.2) is 0 Å². The normalized spacial score (nSPS) is 13.1. The Morgan fingerprint density at radius 3 is 2.38 bits per heavy atom. The molecule has 16 heavy (non-hydrogen) atoms. The minimum Gasteiger partial charge on any atom is -0.324 e. The highest BCUT2D eigenvalue weighted by Crippen LogP contribution is 2.36. The number of hydrogen-bond donors (Lipinski definition) is 1. The number of benzene rings is 1. The highest BCUT2D eigenvalue weighted by atomic mass is 35.5. The minimum absolute atomic E-state index is 0.